The van der Waals surface area contributed by atoms with Gasteiger partial charge in [-0.1, -0.05) is 11.8 Å². The molecule has 0 unspecified atom stereocenters. The smallest absolute Gasteiger partial charge is 0.272 e. The molecular weight excluding hydrogens is 250 g/mol. The van der Waals surface area contributed by atoms with Crippen LogP contribution in [0.1, 0.15) is 5.56 Å². The summed E-state index contributed by atoms with van der Waals surface area (Å²) in [5.74, 6) is 6.26. The Balaban J connectivity index is 2.16. The number of fused-ring (bicyclic) bond motifs is 3. The minimum Gasteiger partial charge on any atom is -0.357 e. The maximum absolute atomic E-state index is 11.9. The van der Waals surface area contributed by atoms with Gasteiger partial charge in [0.05, 0.1) is 6.54 Å². The van der Waals surface area contributed by atoms with E-state index in [2.05, 4.69) is 21.8 Å². The first-order chi connectivity index (χ1) is 9.65. The minimum atomic E-state index is -0.0936. The summed E-state index contributed by atoms with van der Waals surface area (Å²) in [6.45, 7) is 0.725. The van der Waals surface area contributed by atoms with Crippen LogP contribution in [0.2, 0.25) is 0 Å². The van der Waals surface area contributed by atoms with E-state index in [1.807, 2.05) is 43.3 Å². The van der Waals surface area contributed by atoms with Crippen molar-refractivity contribution in [3.8, 4) is 11.8 Å². The number of hydrogen-bond donors (Lipinski definition) is 2. The first-order valence-corrected chi connectivity index (χ1v) is 6.42. The van der Waals surface area contributed by atoms with Gasteiger partial charge in [0, 0.05) is 28.0 Å². The zero-order valence-corrected chi connectivity index (χ0v) is 11.4. The number of H-pyrrole nitrogens is 2. The van der Waals surface area contributed by atoms with E-state index in [9.17, 15) is 4.79 Å². The number of pyridine rings is 1. The Hall–Kier alpha value is -2.51. The van der Waals surface area contributed by atoms with Crippen molar-refractivity contribution in [2.24, 2.45) is 0 Å². The number of hydrogen-bond acceptors (Lipinski definition) is 2. The summed E-state index contributed by atoms with van der Waals surface area (Å²) in [7, 11) is 3.98. The molecule has 0 saturated heterocycles. The van der Waals surface area contributed by atoms with Crippen LogP contribution < -0.4 is 5.56 Å². The van der Waals surface area contributed by atoms with Gasteiger partial charge in [-0.05, 0) is 38.4 Å². The number of nitrogens with one attached hydrogen (secondary N) is 2. The van der Waals surface area contributed by atoms with Crippen molar-refractivity contribution >= 4 is 21.8 Å². The second kappa shape index (κ2) is 4.87. The van der Waals surface area contributed by atoms with Crippen molar-refractivity contribution < 1.29 is 0 Å². The lowest BCUT2D eigenvalue weighted by molar-refractivity contribution is 0.464. The van der Waals surface area contributed by atoms with Gasteiger partial charge in [0.1, 0.15) is 5.52 Å². The highest BCUT2D eigenvalue weighted by atomic mass is 16.1. The van der Waals surface area contributed by atoms with Gasteiger partial charge in [-0.25, -0.2) is 0 Å². The lowest BCUT2D eigenvalue weighted by atomic mass is 10.1. The molecule has 0 fully saturated rings. The lowest BCUT2D eigenvalue weighted by Crippen LogP contribution is -2.10. The molecule has 4 nitrogen and oxygen atoms in total. The highest BCUT2D eigenvalue weighted by Gasteiger charge is 2.05. The maximum Gasteiger partial charge on any atom is 0.272 e. The van der Waals surface area contributed by atoms with Gasteiger partial charge in [-0.2, -0.15) is 0 Å². The fraction of sp³-hybridized carbons (Fsp3) is 0.188. The van der Waals surface area contributed by atoms with Gasteiger partial charge in [0.25, 0.3) is 5.56 Å². The van der Waals surface area contributed by atoms with Crippen molar-refractivity contribution in [2.75, 3.05) is 20.6 Å². The monoisotopic (exact) mass is 265 g/mol. The molecule has 20 heavy (non-hydrogen) atoms. The summed E-state index contributed by atoms with van der Waals surface area (Å²) < 4.78 is 0. The molecule has 1 aromatic carbocycles. The van der Waals surface area contributed by atoms with E-state index in [1.54, 1.807) is 6.20 Å². The highest BCUT2D eigenvalue weighted by Crippen LogP contribution is 2.21. The molecule has 0 atom stereocenters. The third-order valence-corrected chi connectivity index (χ3v) is 3.16. The predicted octanol–water partition coefficient (Wildman–Crippen LogP) is 1.92. The zero-order valence-electron chi connectivity index (χ0n) is 11.4. The molecule has 0 aliphatic carbocycles. The molecule has 0 radical (unpaired) electrons. The summed E-state index contributed by atoms with van der Waals surface area (Å²) in [6, 6.07) is 7.77. The van der Waals surface area contributed by atoms with Crippen LogP contribution >= 0.6 is 0 Å². The molecule has 4 heteroatoms. The second-order valence-electron chi connectivity index (χ2n) is 5.02. The Labute approximate surface area is 116 Å². The SMILES string of the molecule is CN(C)CC#Cc1ccc2[nH]c(=O)c3[nH]ccc3c2c1. The standard InChI is InChI=1S/C16H15N3O/c1-19(2)9-3-4-11-5-6-14-13(10-11)12-7-8-17-15(12)16(20)18-14/h5-8,10,17H,9H2,1-2H3,(H,18,20). The first kappa shape index (κ1) is 12.5. The number of benzene rings is 1. The van der Waals surface area contributed by atoms with E-state index < -0.39 is 0 Å². The number of aromatic amines is 2. The quantitative estimate of drug-likeness (QED) is 0.660. The third kappa shape index (κ3) is 2.20. The van der Waals surface area contributed by atoms with E-state index in [4.69, 9.17) is 0 Å². The zero-order chi connectivity index (χ0) is 14.1. The van der Waals surface area contributed by atoms with E-state index in [-0.39, 0.29) is 5.56 Å². The van der Waals surface area contributed by atoms with E-state index in [0.717, 1.165) is 28.4 Å². The summed E-state index contributed by atoms with van der Waals surface area (Å²) in [5, 5.41) is 1.94. The van der Waals surface area contributed by atoms with Gasteiger partial charge in [-0.3, -0.25) is 9.69 Å². The van der Waals surface area contributed by atoms with Crippen molar-refractivity contribution in [1.29, 1.82) is 0 Å². The van der Waals surface area contributed by atoms with Crippen LogP contribution in [-0.4, -0.2) is 35.5 Å². The van der Waals surface area contributed by atoms with E-state index >= 15 is 0 Å². The molecule has 0 spiro atoms. The van der Waals surface area contributed by atoms with Gasteiger partial charge >= 0.3 is 0 Å². The first-order valence-electron chi connectivity index (χ1n) is 6.42. The lowest BCUT2D eigenvalue weighted by Gasteiger charge is -2.02. The molecule has 2 heterocycles. The largest absolute Gasteiger partial charge is 0.357 e. The summed E-state index contributed by atoms with van der Waals surface area (Å²) in [6.07, 6.45) is 1.78. The van der Waals surface area contributed by atoms with Crippen LogP contribution in [0.25, 0.3) is 21.8 Å². The molecule has 0 saturated carbocycles. The van der Waals surface area contributed by atoms with Gasteiger partial charge < -0.3 is 9.97 Å². The molecule has 0 aliphatic heterocycles. The molecule has 0 bridgehead atoms. The molecular formula is C16H15N3O. The number of nitrogens with zero attached hydrogens (tertiary/aromatic N) is 1. The Morgan fingerprint density at radius 1 is 1.20 bits per heavy atom. The maximum atomic E-state index is 11.9. The molecule has 0 amide bonds. The Kier molecular flexibility index (Phi) is 3.05. The van der Waals surface area contributed by atoms with Gasteiger partial charge in [0.2, 0.25) is 0 Å². The molecule has 2 N–H and O–H groups in total. The van der Waals surface area contributed by atoms with Crippen LogP contribution in [0.4, 0.5) is 0 Å². The van der Waals surface area contributed by atoms with Crippen molar-refractivity contribution in [1.82, 2.24) is 14.9 Å². The Morgan fingerprint density at radius 3 is 2.85 bits per heavy atom. The van der Waals surface area contributed by atoms with Crippen molar-refractivity contribution in [3.63, 3.8) is 0 Å². The Morgan fingerprint density at radius 2 is 2.05 bits per heavy atom. The molecule has 2 aromatic heterocycles. The van der Waals surface area contributed by atoms with E-state index in [0.29, 0.717) is 5.52 Å². The topological polar surface area (TPSA) is 51.9 Å². The highest BCUT2D eigenvalue weighted by molar-refractivity contribution is 6.04. The van der Waals surface area contributed by atoms with Crippen LogP contribution in [-0.2, 0) is 0 Å². The average Bonchev–Trinajstić information content (AvgIpc) is 2.89. The third-order valence-electron chi connectivity index (χ3n) is 3.16. The van der Waals surface area contributed by atoms with Crippen molar-refractivity contribution in [3.05, 3.63) is 46.4 Å². The molecule has 3 rings (SSSR count). The van der Waals surface area contributed by atoms with E-state index in [1.165, 1.54) is 0 Å². The van der Waals surface area contributed by atoms with Gasteiger partial charge in [0.15, 0.2) is 0 Å². The second-order valence-corrected chi connectivity index (χ2v) is 5.02. The van der Waals surface area contributed by atoms with Crippen LogP contribution in [0.15, 0.2) is 35.3 Å². The van der Waals surface area contributed by atoms with Crippen molar-refractivity contribution in [2.45, 2.75) is 0 Å². The molecule has 0 aliphatic rings. The number of rotatable bonds is 1. The van der Waals surface area contributed by atoms with Crippen LogP contribution in [0, 0.1) is 11.8 Å². The molecule has 3 aromatic rings. The Bertz CT molecular complexity index is 891. The minimum absolute atomic E-state index is 0.0936. The molecule has 100 valence electrons. The fourth-order valence-corrected chi connectivity index (χ4v) is 2.22. The summed E-state index contributed by atoms with van der Waals surface area (Å²) >= 11 is 0. The normalized spacial score (nSPS) is 10.9. The fourth-order valence-electron chi connectivity index (χ4n) is 2.22. The summed E-state index contributed by atoms with van der Waals surface area (Å²) in [5.41, 5.74) is 2.30. The van der Waals surface area contributed by atoms with Crippen LogP contribution in [0.5, 0.6) is 0 Å². The predicted molar refractivity (Wildman–Crippen MR) is 81.9 cm³/mol. The number of aromatic nitrogens is 2. The van der Waals surface area contributed by atoms with Gasteiger partial charge in [-0.15, -0.1) is 0 Å². The van der Waals surface area contributed by atoms with Crippen LogP contribution in [0.3, 0.4) is 0 Å². The summed E-state index contributed by atoms with van der Waals surface area (Å²) in [4.78, 5) is 19.7. The average molecular weight is 265 g/mol.